The number of esters is 1. The van der Waals surface area contributed by atoms with E-state index < -0.39 is 0 Å². The van der Waals surface area contributed by atoms with E-state index >= 15 is 0 Å². The van der Waals surface area contributed by atoms with Crippen molar-refractivity contribution in [3.05, 3.63) is 54.1 Å². The standard InChI is InChI=1S/C19H21NO2/c1-20(2)15-7-5-12(6-8-15)19(21)22-17-10-9-16-13-3-4-14(11-13)18(16)17/h3-10,13-14,16-18H,11H2,1-2H3/t13?,14?,16-,17+,18+/m0/s1. The number of carbonyl (C=O) groups excluding carboxylic acids is 1. The van der Waals surface area contributed by atoms with Gasteiger partial charge in [-0.15, -0.1) is 0 Å². The van der Waals surface area contributed by atoms with Crippen LogP contribution >= 0.6 is 0 Å². The van der Waals surface area contributed by atoms with Crippen LogP contribution in [-0.2, 0) is 4.74 Å². The number of fused-ring (bicyclic) bond motifs is 5. The van der Waals surface area contributed by atoms with Crippen LogP contribution in [0.2, 0.25) is 0 Å². The highest BCUT2D eigenvalue weighted by atomic mass is 16.5. The summed E-state index contributed by atoms with van der Waals surface area (Å²) in [7, 11) is 3.97. The molecular weight excluding hydrogens is 274 g/mol. The maximum Gasteiger partial charge on any atom is 0.338 e. The van der Waals surface area contributed by atoms with Crippen LogP contribution in [0.3, 0.4) is 0 Å². The molecule has 2 unspecified atom stereocenters. The third-order valence-corrected chi connectivity index (χ3v) is 5.35. The highest BCUT2D eigenvalue weighted by Gasteiger charge is 2.50. The summed E-state index contributed by atoms with van der Waals surface area (Å²) in [5.74, 6) is 2.06. The Hall–Kier alpha value is -2.03. The fraction of sp³-hybridized carbons (Fsp3) is 0.421. The minimum Gasteiger partial charge on any atom is -0.454 e. The molecule has 3 heteroatoms. The van der Waals surface area contributed by atoms with E-state index in [0.717, 1.165) is 5.69 Å². The zero-order valence-corrected chi connectivity index (χ0v) is 13.0. The first-order valence-electron chi connectivity index (χ1n) is 7.98. The lowest BCUT2D eigenvalue weighted by atomic mass is 9.84. The molecule has 1 aromatic carbocycles. The minimum absolute atomic E-state index is 0.0639. The zero-order valence-electron chi connectivity index (χ0n) is 13.0. The molecule has 0 aliphatic heterocycles. The summed E-state index contributed by atoms with van der Waals surface area (Å²) in [5.41, 5.74) is 1.71. The fourth-order valence-corrected chi connectivity index (χ4v) is 4.20. The van der Waals surface area contributed by atoms with Crippen molar-refractivity contribution >= 4 is 11.7 Å². The highest BCUT2D eigenvalue weighted by molar-refractivity contribution is 5.90. The van der Waals surface area contributed by atoms with Crippen molar-refractivity contribution in [1.29, 1.82) is 0 Å². The lowest BCUT2D eigenvalue weighted by molar-refractivity contribution is 0.0240. The molecule has 0 radical (unpaired) electrons. The van der Waals surface area contributed by atoms with Gasteiger partial charge in [-0.05, 0) is 54.5 Å². The van der Waals surface area contributed by atoms with Crippen LogP contribution in [0.5, 0.6) is 0 Å². The molecular formula is C19H21NO2. The molecule has 1 fully saturated rings. The smallest absolute Gasteiger partial charge is 0.338 e. The average Bonchev–Trinajstić information content (AvgIpc) is 3.21. The number of allylic oxidation sites excluding steroid dienone is 3. The molecule has 1 aromatic rings. The van der Waals surface area contributed by atoms with Gasteiger partial charge in [0.05, 0.1) is 5.56 Å². The second-order valence-electron chi connectivity index (χ2n) is 6.80. The normalized spacial score (nSPS) is 34.0. The van der Waals surface area contributed by atoms with Crippen LogP contribution in [0, 0.1) is 23.7 Å². The molecule has 0 amide bonds. The van der Waals surface area contributed by atoms with E-state index in [0.29, 0.717) is 29.2 Å². The summed E-state index contributed by atoms with van der Waals surface area (Å²) in [4.78, 5) is 14.4. The minimum atomic E-state index is -0.215. The number of nitrogens with zero attached hydrogens (tertiary/aromatic N) is 1. The van der Waals surface area contributed by atoms with E-state index in [-0.39, 0.29) is 12.1 Å². The van der Waals surface area contributed by atoms with E-state index in [1.807, 2.05) is 43.3 Å². The van der Waals surface area contributed by atoms with Crippen molar-refractivity contribution in [3.63, 3.8) is 0 Å². The predicted molar refractivity (Wildman–Crippen MR) is 86.8 cm³/mol. The molecule has 114 valence electrons. The van der Waals surface area contributed by atoms with Crippen molar-refractivity contribution in [2.45, 2.75) is 12.5 Å². The quantitative estimate of drug-likeness (QED) is 0.633. The summed E-state index contributed by atoms with van der Waals surface area (Å²) in [5, 5.41) is 0. The maximum atomic E-state index is 12.4. The lowest BCUT2D eigenvalue weighted by Crippen LogP contribution is -2.28. The molecule has 0 N–H and O–H groups in total. The molecule has 22 heavy (non-hydrogen) atoms. The average molecular weight is 295 g/mol. The molecule has 4 rings (SSSR count). The SMILES string of the molecule is CN(C)c1ccc(C(=O)O[C@@H]2C=C[C@H]3C4C=CC(C4)[C@@H]23)cc1. The number of hydrogen-bond acceptors (Lipinski definition) is 3. The Labute approximate surface area is 131 Å². The molecule has 0 spiro atoms. The predicted octanol–water partition coefficient (Wildman–Crippen LogP) is 3.29. The van der Waals surface area contributed by atoms with Crippen molar-refractivity contribution < 1.29 is 9.53 Å². The second-order valence-corrected chi connectivity index (χ2v) is 6.80. The number of rotatable bonds is 3. The molecule has 0 heterocycles. The van der Waals surface area contributed by atoms with E-state index in [2.05, 4.69) is 24.3 Å². The van der Waals surface area contributed by atoms with Crippen molar-refractivity contribution in [1.82, 2.24) is 0 Å². The fourth-order valence-electron chi connectivity index (χ4n) is 4.20. The third-order valence-electron chi connectivity index (χ3n) is 5.35. The van der Waals surface area contributed by atoms with E-state index in [1.54, 1.807) is 0 Å². The first-order valence-corrected chi connectivity index (χ1v) is 7.98. The largest absolute Gasteiger partial charge is 0.454 e. The molecule has 3 nitrogen and oxygen atoms in total. The van der Waals surface area contributed by atoms with Crippen LogP contribution < -0.4 is 4.90 Å². The van der Waals surface area contributed by atoms with Crippen LogP contribution in [0.4, 0.5) is 5.69 Å². The number of ether oxygens (including phenoxy) is 1. The lowest BCUT2D eigenvalue weighted by Gasteiger charge is -2.26. The van der Waals surface area contributed by atoms with Gasteiger partial charge in [-0.25, -0.2) is 4.79 Å². The number of anilines is 1. The van der Waals surface area contributed by atoms with Crippen LogP contribution in [0.25, 0.3) is 0 Å². The Morgan fingerprint density at radius 3 is 2.50 bits per heavy atom. The first-order chi connectivity index (χ1) is 10.6. The summed E-state index contributed by atoms with van der Waals surface area (Å²) in [6, 6.07) is 7.58. The number of hydrogen-bond donors (Lipinski definition) is 0. The molecule has 0 saturated heterocycles. The summed E-state index contributed by atoms with van der Waals surface area (Å²) < 4.78 is 5.79. The van der Waals surface area contributed by atoms with Gasteiger partial charge in [0.15, 0.2) is 0 Å². The summed E-state index contributed by atoms with van der Waals surface area (Å²) in [6.45, 7) is 0. The second kappa shape index (κ2) is 5.01. The summed E-state index contributed by atoms with van der Waals surface area (Å²) in [6.07, 6.45) is 10.2. The molecule has 0 aromatic heterocycles. The molecule has 3 aliphatic carbocycles. The highest BCUT2D eigenvalue weighted by Crippen LogP contribution is 2.53. The summed E-state index contributed by atoms with van der Waals surface area (Å²) >= 11 is 0. The Morgan fingerprint density at radius 1 is 1.05 bits per heavy atom. The third kappa shape index (κ3) is 2.07. The Morgan fingerprint density at radius 2 is 1.77 bits per heavy atom. The maximum absolute atomic E-state index is 12.4. The van der Waals surface area contributed by atoms with Crippen LogP contribution in [-0.4, -0.2) is 26.2 Å². The first kappa shape index (κ1) is 13.6. The van der Waals surface area contributed by atoms with Gasteiger partial charge in [0.25, 0.3) is 0 Å². The Balaban J connectivity index is 1.46. The van der Waals surface area contributed by atoms with Gasteiger partial charge >= 0.3 is 5.97 Å². The zero-order chi connectivity index (χ0) is 15.3. The van der Waals surface area contributed by atoms with Gasteiger partial charge in [-0.2, -0.15) is 0 Å². The van der Waals surface area contributed by atoms with Crippen molar-refractivity contribution in [3.8, 4) is 0 Å². The molecule has 5 atom stereocenters. The monoisotopic (exact) mass is 295 g/mol. The molecule has 1 saturated carbocycles. The van der Waals surface area contributed by atoms with E-state index in [1.165, 1.54) is 6.42 Å². The van der Waals surface area contributed by atoms with Gasteiger partial charge in [0, 0.05) is 25.7 Å². The van der Waals surface area contributed by atoms with Gasteiger partial charge in [-0.3, -0.25) is 0 Å². The van der Waals surface area contributed by atoms with Crippen molar-refractivity contribution in [2.24, 2.45) is 23.7 Å². The Kier molecular flexibility index (Phi) is 3.10. The van der Waals surface area contributed by atoms with Gasteiger partial charge in [0.2, 0.25) is 0 Å². The topological polar surface area (TPSA) is 29.5 Å². The van der Waals surface area contributed by atoms with Gasteiger partial charge in [-0.1, -0.05) is 18.2 Å². The van der Waals surface area contributed by atoms with Gasteiger partial charge < -0.3 is 9.64 Å². The van der Waals surface area contributed by atoms with Crippen molar-refractivity contribution in [2.75, 3.05) is 19.0 Å². The Bertz CT molecular complexity index is 644. The van der Waals surface area contributed by atoms with Gasteiger partial charge in [0.1, 0.15) is 6.10 Å². The van der Waals surface area contributed by atoms with Crippen LogP contribution in [0.15, 0.2) is 48.6 Å². The van der Waals surface area contributed by atoms with E-state index in [4.69, 9.17) is 4.74 Å². The molecule has 2 bridgehead atoms. The van der Waals surface area contributed by atoms with E-state index in [9.17, 15) is 4.79 Å². The molecule has 3 aliphatic rings. The van der Waals surface area contributed by atoms with Crippen LogP contribution in [0.1, 0.15) is 16.8 Å². The number of carbonyl (C=O) groups is 1. The number of benzene rings is 1.